The lowest BCUT2D eigenvalue weighted by molar-refractivity contribution is -0.148. The summed E-state index contributed by atoms with van der Waals surface area (Å²) in [6.45, 7) is 3.67. The molecule has 0 radical (unpaired) electrons. The molecule has 1 atom stereocenters. The number of hydrogen-bond acceptors (Lipinski definition) is 3. The average Bonchev–Trinajstić information content (AvgIpc) is 2.77. The van der Waals surface area contributed by atoms with E-state index in [4.69, 9.17) is 4.74 Å². The van der Waals surface area contributed by atoms with Gasteiger partial charge < -0.3 is 4.74 Å². The molecule has 98 valence electrons. The van der Waals surface area contributed by atoms with Crippen LogP contribution in [0.1, 0.15) is 25.3 Å². The van der Waals surface area contributed by atoms with Crippen molar-refractivity contribution in [2.45, 2.75) is 32.4 Å². The van der Waals surface area contributed by atoms with E-state index in [1.165, 1.54) is 12.1 Å². The number of rotatable bonds is 4. The highest BCUT2D eigenvalue weighted by molar-refractivity contribution is 5.76. The van der Waals surface area contributed by atoms with Gasteiger partial charge in [0.05, 0.1) is 6.61 Å². The van der Waals surface area contributed by atoms with E-state index in [0.29, 0.717) is 13.2 Å². The van der Waals surface area contributed by atoms with Crippen LogP contribution in [0.25, 0.3) is 0 Å². The van der Waals surface area contributed by atoms with Gasteiger partial charge in [-0.2, -0.15) is 0 Å². The molecule has 0 aromatic heterocycles. The fourth-order valence-corrected chi connectivity index (χ4v) is 2.39. The molecule has 1 heterocycles. The predicted octanol–water partition coefficient (Wildman–Crippen LogP) is 2.35. The first-order chi connectivity index (χ1) is 8.70. The van der Waals surface area contributed by atoms with E-state index < -0.39 is 0 Å². The summed E-state index contributed by atoms with van der Waals surface area (Å²) in [7, 11) is 0. The van der Waals surface area contributed by atoms with Gasteiger partial charge >= 0.3 is 5.97 Å². The number of likely N-dealkylation sites (tertiary alicyclic amines) is 1. The third kappa shape index (κ3) is 3.07. The summed E-state index contributed by atoms with van der Waals surface area (Å²) in [4.78, 5) is 13.8. The first kappa shape index (κ1) is 13.0. The molecule has 1 fully saturated rings. The van der Waals surface area contributed by atoms with E-state index in [2.05, 4.69) is 4.90 Å². The molecule has 2 rings (SSSR count). The molecule has 3 nitrogen and oxygen atoms in total. The maximum Gasteiger partial charge on any atom is 0.323 e. The average molecular weight is 251 g/mol. The molecule has 0 saturated carbocycles. The number of halogens is 1. The van der Waals surface area contributed by atoms with Gasteiger partial charge in [-0.1, -0.05) is 12.1 Å². The number of hydrogen-bond donors (Lipinski definition) is 0. The van der Waals surface area contributed by atoms with Crippen LogP contribution in [-0.2, 0) is 16.1 Å². The van der Waals surface area contributed by atoms with Crippen molar-refractivity contribution in [3.63, 3.8) is 0 Å². The zero-order valence-electron chi connectivity index (χ0n) is 10.6. The fraction of sp³-hybridized carbons (Fsp3) is 0.500. The number of carbonyl (C=O) groups is 1. The minimum Gasteiger partial charge on any atom is -0.465 e. The van der Waals surface area contributed by atoms with Crippen LogP contribution in [0.3, 0.4) is 0 Å². The van der Waals surface area contributed by atoms with Crippen molar-refractivity contribution in [1.29, 1.82) is 0 Å². The largest absolute Gasteiger partial charge is 0.465 e. The number of carbonyl (C=O) groups excluding carboxylic acids is 1. The van der Waals surface area contributed by atoms with Gasteiger partial charge in [-0.25, -0.2) is 4.39 Å². The van der Waals surface area contributed by atoms with E-state index in [9.17, 15) is 9.18 Å². The molecule has 18 heavy (non-hydrogen) atoms. The van der Waals surface area contributed by atoms with Crippen molar-refractivity contribution in [1.82, 2.24) is 4.90 Å². The van der Waals surface area contributed by atoms with Gasteiger partial charge in [0, 0.05) is 6.54 Å². The fourth-order valence-electron chi connectivity index (χ4n) is 2.39. The van der Waals surface area contributed by atoms with E-state index in [1.54, 1.807) is 6.07 Å². The second-order valence-corrected chi connectivity index (χ2v) is 4.51. The van der Waals surface area contributed by atoms with Crippen LogP contribution in [0.5, 0.6) is 0 Å². The molecular formula is C14H18FNO2. The number of nitrogens with zero attached hydrogens (tertiary/aromatic N) is 1. The molecule has 4 heteroatoms. The number of ether oxygens (including phenoxy) is 1. The second-order valence-electron chi connectivity index (χ2n) is 4.51. The lowest BCUT2D eigenvalue weighted by Crippen LogP contribution is -2.36. The SMILES string of the molecule is CCOC(=O)C1CCCN1Cc1cccc(F)c1. The van der Waals surface area contributed by atoms with Crippen LogP contribution in [0.4, 0.5) is 4.39 Å². The molecule has 1 aromatic rings. The van der Waals surface area contributed by atoms with Gasteiger partial charge in [0.25, 0.3) is 0 Å². The summed E-state index contributed by atoms with van der Waals surface area (Å²) in [6.07, 6.45) is 1.81. The molecule has 1 aromatic carbocycles. The molecule has 0 amide bonds. The Morgan fingerprint density at radius 2 is 2.39 bits per heavy atom. The molecular weight excluding hydrogens is 233 g/mol. The summed E-state index contributed by atoms with van der Waals surface area (Å²) in [5.74, 6) is -0.397. The summed E-state index contributed by atoms with van der Waals surface area (Å²) in [6, 6.07) is 6.34. The van der Waals surface area contributed by atoms with Gasteiger partial charge in [0.1, 0.15) is 11.9 Å². The first-order valence-electron chi connectivity index (χ1n) is 6.36. The van der Waals surface area contributed by atoms with Crippen molar-refractivity contribution in [3.8, 4) is 0 Å². The molecule has 0 N–H and O–H groups in total. The second kappa shape index (κ2) is 5.96. The lowest BCUT2D eigenvalue weighted by Gasteiger charge is -2.22. The standard InChI is InChI=1S/C14H18FNO2/c1-2-18-14(17)13-7-4-8-16(13)10-11-5-3-6-12(15)9-11/h3,5-6,9,13H,2,4,7-8,10H2,1H3. The molecule has 0 aliphatic carbocycles. The van der Waals surface area contributed by atoms with Crippen LogP contribution in [-0.4, -0.2) is 30.1 Å². The smallest absolute Gasteiger partial charge is 0.323 e. The third-order valence-corrected chi connectivity index (χ3v) is 3.20. The van der Waals surface area contributed by atoms with Gasteiger partial charge in [0.2, 0.25) is 0 Å². The Hall–Kier alpha value is -1.42. The van der Waals surface area contributed by atoms with Crippen molar-refractivity contribution >= 4 is 5.97 Å². The third-order valence-electron chi connectivity index (χ3n) is 3.20. The summed E-state index contributed by atoms with van der Waals surface area (Å²) >= 11 is 0. The molecule has 1 aliphatic heterocycles. The van der Waals surface area contributed by atoms with Crippen LogP contribution >= 0.6 is 0 Å². The van der Waals surface area contributed by atoms with Gasteiger partial charge in [-0.05, 0) is 44.0 Å². The van der Waals surface area contributed by atoms with Crippen LogP contribution in [0, 0.1) is 5.82 Å². The predicted molar refractivity (Wildman–Crippen MR) is 66.5 cm³/mol. The minimum atomic E-state index is -0.237. The Morgan fingerprint density at radius 1 is 1.56 bits per heavy atom. The molecule has 1 unspecified atom stereocenters. The Kier molecular flexibility index (Phi) is 4.31. The van der Waals surface area contributed by atoms with E-state index >= 15 is 0 Å². The summed E-state index contributed by atoms with van der Waals surface area (Å²) in [5.41, 5.74) is 0.895. The highest BCUT2D eigenvalue weighted by Gasteiger charge is 2.31. The Morgan fingerprint density at radius 3 is 3.11 bits per heavy atom. The topological polar surface area (TPSA) is 29.5 Å². The van der Waals surface area contributed by atoms with Crippen LogP contribution in [0.15, 0.2) is 24.3 Å². The molecule has 1 saturated heterocycles. The van der Waals surface area contributed by atoms with Gasteiger partial charge in [0.15, 0.2) is 0 Å². The number of esters is 1. The highest BCUT2D eigenvalue weighted by atomic mass is 19.1. The Labute approximate surface area is 107 Å². The molecule has 1 aliphatic rings. The Bertz CT molecular complexity index is 422. The normalized spacial score (nSPS) is 20.0. The maximum absolute atomic E-state index is 13.1. The van der Waals surface area contributed by atoms with Crippen molar-refractivity contribution in [2.24, 2.45) is 0 Å². The van der Waals surface area contributed by atoms with Crippen molar-refractivity contribution < 1.29 is 13.9 Å². The van der Waals surface area contributed by atoms with Crippen molar-refractivity contribution in [3.05, 3.63) is 35.6 Å². The molecule has 0 bridgehead atoms. The van der Waals surface area contributed by atoms with Crippen LogP contribution < -0.4 is 0 Å². The maximum atomic E-state index is 13.1. The zero-order valence-corrected chi connectivity index (χ0v) is 10.6. The zero-order chi connectivity index (χ0) is 13.0. The van der Waals surface area contributed by atoms with E-state index in [0.717, 1.165) is 24.9 Å². The lowest BCUT2D eigenvalue weighted by atomic mass is 10.2. The number of benzene rings is 1. The summed E-state index contributed by atoms with van der Waals surface area (Å²) < 4.78 is 18.2. The van der Waals surface area contributed by atoms with Gasteiger partial charge in [-0.3, -0.25) is 9.69 Å². The Balaban J connectivity index is 2.01. The van der Waals surface area contributed by atoms with E-state index in [-0.39, 0.29) is 17.8 Å². The van der Waals surface area contributed by atoms with Gasteiger partial charge in [-0.15, -0.1) is 0 Å². The minimum absolute atomic E-state index is 0.161. The summed E-state index contributed by atoms with van der Waals surface area (Å²) in [5, 5.41) is 0. The quantitative estimate of drug-likeness (QED) is 0.769. The van der Waals surface area contributed by atoms with Crippen LogP contribution in [0.2, 0.25) is 0 Å². The highest BCUT2D eigenvalue weighted by Crippen LogP contribution is 2.21. The monoisotopic (exact) mass is 251 g/mol. The van der Waals surface area contributed by atoms with E-state index in [1.807, 2.05) is 13.0 Å². The molecule has 0 spiro atoms. The first-order valence-corrected chi connectivity index (χ1v) is 6.36. The van der Waals surface area contributed by atoms with Crippen molar-refractivity contribution in [2.75, 3.05) is 13.2 Å².